The highest BCUT2D eigenvalue weighted by atomic mass is 32.2. The molecular formula is C14H29N3S. The van der Waals surface area contributed by atoms with E-state index in [1.807, 2.05) is 0 Å². The summed E-state index contributed by atoms with van der Waals surface area (Å²) in [6.45, 7) is 8.88. The highest BCUT2D eigenvalue weighted by Gasteiger charge is 2.14. The van der Waals surface area contributed by atoms with Crippen molar-refractivity contribution in [3.63, 3.8) is 0 Å². The van der Waals surface area contributed by atoms with Gasteiger partial charge in [-0.15, -0.1) is 0 Å². The zero-order valence-corrected chi connectivity index (χ0v) is 12.7. The molecule has 2 saturated heterocycles. The number of likely N-dealkylation sites (tertiary alicyclic amines) is 1. The maximum atomic E-state index is 3.44. The third kappa shape index (κ3) is 5.47. The summed E-state index contributed by atoms with van der Waals surface area (Å²) in [6.07, 6.45) is 5.55. The molecule has 2 fully saturated rings. The monoisotopic (exact) mass is 271 g/mol. The Labute approximate surface area is 117 Å². The molecule has 0 unspecified atom stereocenters. The first kappa shape index (κ1) is 14.6. The SMILES string of the molecule is CN(CCSC1CCNCC1)CCN1CCCC1. The number of hydrogen-bond donors (Lipinski definition) is 1. The molecule has 4 heteroatoms. The second kappa shape index (κ2) is 8.41. The van der Waals surface area contributed by atoms with Crippen molar-refractivity contribution in [1.29, 1.82) is 0 Å². The number of nitrogens with one attached hydrogen (secondary N) is 1. The van der Waals surface area contributed by atoms with Crippen molar-refractivity contribution >= 4 is 11.8 Å². The molecule has 2 aliphatic rings. The van der Waals surface area contributed by atoms with E-state index in [0.29, 0.717) is 0 Å². The Morgan fingerprint density at radius 3 is 2.61 bits per heavy atom. The fourth-order valence-electron chi connectivity index (χ4n) is 2.77. The summed E-state index contributed by atoms with van der Waals surface area (Å²) in [5, 5.41) is 4.35. The van der Waals surface area contributed by atoms with E-state index >= 15 is 0 Å². The Hall–Kier alpha value is 0.230. The van der Waals surface area contributed by atoms with Crippen molar-refractivity contribution < 1.29 is 0 Å². The third-order valence-electron chi connectivity index (χ3n) is 4.11. The quantitative estimate of drug-likeness (QED) is 0.756. The Morgan fingerprint density at radius 2 is 1.89 bits per heavy atom. The minimum atomic E-state index is 0.915. The molecule has 0 aromatic carbocycles. The van der Waals surface area contributed by atoms with Gasteiger partial charge in [-0.05, 0) is 58.9 Å². The van der Waals surface area contributed by atoms with Crippen molar-refractivity contribution in [2.45, 2.75) is 30.9 Å². The molecule has 0 aromatic rings. The molecule has 2 heterocycles. The fraction of sp³-hybridized carbons (Fsp3) is 1.00. The van der Waals surface area contributed by atoms with E-state index < -0.39 is 0 Å². The molecule has 2 aliphatic heterocycles. The number of rotatable bonds is 7. The molecule has 0 atom stereocenters. The van der Waals surface area contributed by atoms with E-state index in [4.69, 9.17) is 0 Å². The van der Waals surface area contributed by atoms with Gasteiger partial charge in [-0.25, -0.2) is 0 Å². The average molecular weight is 271 g/mol. The van der Waals surface area contributed by atoms with E-state index in [-0.39, 0.29) is 0 Å². The van der Waals surface area contributed by atoms with Gasteiger partial charge in [0.05, 0.1) is 0 Å². The Kier molecular flexibility index (Phi) is 6.84. The van der Waals surface area contributed by atoms with Gasteiger partial charge in [0.1, 0.15) is 0 Å². The van der Waals surface area contributed by atoms with Crippen LogP contribution in [0.5, 0.6) is 0 Å². The van der Waals surface area contributed by atoms with Crippen molar-refractivity contribution in [2.75, 3.05) is 58.6 Å². The molecule has 0 aromatic heterocycles. The molecule has 0 spiro atoms. The smallest absolute Gasteiger partial charge is 0.0109 e. The molecule has 106 valence electrons. The fourth-order valence-corrected chi connectivity index (χ4v) is 4.09. The van der Waals surface area contributed by atoms with Gasteiger partial charge < -0.3 is 15.1 Å². The predicted octanol–water partition coefficient (Wildman–Crippen LogP) is 1.50. The number of piperidine rings is 1. The maximum Gasteiger partial charge on any atom is 0.0109 e. The Balaban J connectivity index is 1.47. The topological polar surface area (TPSA) is 18.5 Å². The Bertz CT molecular complexity index is 213. The first-order valence-electron chi connectivity index (χ1n) is 7.58. The van der Waals surface area contributed by atoms with Crippen LogP contribution in [0.15, 0.2) is 0 Å². The summed E-state index contributed by atoms with van der Waals surface area (Å²) in [4.78, 5) is 5.11. The summed E-state index contributed by atoms with van der Waals surface area (Å²) in [5.74, 6) is 1.31. The zero-order chi connectivity index (χ0) is 12.6. The molecule has 0 amide bonds. The lowest BCUT2D eigenvalue weighted by molar-refractivity contribution is 0.265. The van der Waals surface area contributed by atoms with Crippen molar-refractivity contribution in [3.05, 3.63) is 0 Å². The lowest BCUT2D eigenvalue weighted by Crippen LogP contribution is -2.33. The largest absolute Gasteiger partial charge is 0.317 e. The van der Waals surface area contributed by atoms with Gasteiger partial charge in [0.15, 0.2) is 0 Å². The lowest BCUT2D eigenvalue weighted by atomic mass is 10.2. The minimum absolute atomic E-state index is 0.915. The van der Waals surface area contributed by atoms with E-state index in [1.54, 1.807) is 0 Å². The van der Waals surface area contributed by atoms with Gasteiger partial charge in [-0.3, -0.25) is 0 Å². The summed E-state index contributed by atoms with van der Waals surface area (Å²) in [7, 11) is 2.28. The maximum absolute atomic E-state index is 3.44. The highest BCUT2D eigenvalue weighted by Crippen LogP contribution is 2.19. The van der Waals surface area contributed by atoms with Gasteiger partial charge in [0.25, 0.3) is 0 Å². The van der Waals surface area contributed by atoms with Crippen LogP contribution < -0.4 is 5.32 Å². The van der Waals surface area contributed by atoms with Crippen LogP contribution in [0.1, 0.15) is 25.7 Å². The van der Waals surface area contributed by atoms with Crippen molar-refractivity contribution in [1.82, 2.24) is 15.1 Å². The van der Waals surface area contributed by atoms with Gasteiger partial charge in [0, 0.05) is 30.6 Å². The average Bonchev–Trinajstić information content (AvgIpc) is 2.91. The molecule has 1 N–H and O–H groups in total. The molecule has 0 radical (unpaired) electrons. The van der Waals surface area contributed by atoms with E-state index in [9.17, 15) is 0 Å². The van der Waals surface area contributed by atoms with Gasteiger partial charge in [0.2, 0.25) is 0 Å². The van der Waals surface area contributed by atoms with Crippen LogP contribution in [0.4, 0.5) is 0 Å². The lowest BCUT2D eigenvalue weighted by Gasteiger charge is -2.24. The first-order chi connectivity index (χ1) is 8.84. The van der Waals surface area contributed by atoms with E-state index in [1.165, 1.54) is 77.2 Å². The number of likely N-dealkylation sites (N-methyl/N-ethyl adjacent to an activating group) is 1. The van der Waals surface area contributed by atoms with Crippen LogP contribution in [0.3, 0.4) is 0 Å². The standard InChI is InChI=1S/C14H29N3S/c1-16(10-11-17-8-2-3-9-17)12-13-18-14-4-6-15-7-5-14/h14-15H,2-13H2,1H3. The summed E-state index contributed by atoms with van der Waals surface area (Å²) in [5.41, 5.74) is 0. The van der Waals surface area contributed by atoms with Gasteiger partial charge in [-0.2, -0.15) is 11.8 Å². The van der Waals surface area contributed by atoms with Crippen LogP contribution in [-0.4, -0.2) is 73.7 Å². The highest BCUT2D eigenvalue weighted by molar-refractivity contribution is 7.99. The Morgan fingerprint density at radius 1 is 1.17 bits per heavy atom. The number of thioether (sulfide) groups is 1. The van der Waals surface area contributed by atoms with Gasteiger partial charge in [-0.1, -0.05) is 0 Å². The molecule has 18 heavy (non-hydrogen) atoms. The number of nitrogens with zero attached hydrogens (tertiary/aromatic N) is 2. The van der Waals surface area contributed by atoms with Crippen LogP contribution in [0.25, 0.3) is 0 Å². The van der Waals surface area contributed by atoms with Crippen LogP contribution in [-0.2, 0) is 0 Å². The van der Waals surface area contributed by atoms with Gasteiger partial charge >= 0.3 is 0 Å². The molecular weight excluding hydrogens is 242 g/mol. The zero-order valence-electron chi connectivity index (χ0n) is 11.9. The molecule has 2 rings (SSSR count). The van der Waals surface area contributed by atoms with E-state index in [2.05, 4.69) is 33.9 Å². The molecule has 0 aliphatic carbocycles. The van der Waals surface area contributed by atoms with Crippen LogP contribution >= 0.6 is 11.8 Å². The summed E-state index contributed by atoms with van der Waals surface area (Å²) in [6, 6.07) is 0. The van der Waals surface area contributed by atoms with E-state index in [0.717, 1.165) is 5.25 Å². The molecule has 3 nitrogen and oxygen atoms in total. The van der Waals surface area contributed by atoms with Crippen molar-refractivity contribution in [2.24, 2.45) is 0 Å². The summed E-state index contributed by atoms with van der Waals surface area (Å²) >= 11 is 2.19. The van der Waals surface area contributed by atoms with Crippen LogP contribution in [0, 0.1) is 0 Å². The van der Waals surface area contributed by atoms with Crippen LogP contribution in [0.2, 0.25) is 0 Å². The normalized spacial score (nSPS) is 23.0. The predicted molar refractivity (Wildman–Crippen MR) is 81.5 cm³/mol. The molecule has 0 bridgehead atoms. The second-order valence-corrected chi connectivity index (χ2v) is 7.08. The first-order valence-corrected chi connectivity index (χ1v) is 8.63. The minimum Gasteiger partial charge on any atom is -0.317 e. The van der Waals surface area contributed by atoms with Crippen molar-refractivity contribution in [3.8, 4) is 0 Å². The third-order valence-corrected chi connectivity index (χ3v) is 5.47. The summed E-state index contributed by atoms with van der Waals surface area (Å²) < 4.78 is 0. The number of hydrogen-bond acceptors (Lipinski definition) is 4. The second-order valence-electron chi connectivity index (χ2n) is 5.67. The molecule has 0 saturated carbocycles.